The van der Waals surface area contributed by atoms with Gasteiger partial charge in [0.15, 0.2) is 0 Å². The Balaban J connectivity index is 1.05. The molecule has 1 saturated carbocycles. The lowest BCUT2D eigenvalue weighted by atomic mass is 9.78. The lowest BCUT2D eigenvalue weighted by Gasteiger charge is -2.49. The summed E-state index contributed by atoms with van der Waals surface area (Å²) in [4.78, 5) is 40.5. The fraction of sp³-hybridized carbons (Fsp3) is 0.462. The lowest BCUT2D eigenvalue weighted by molar-refractivity contribution is -0.118. The minimum atomic E-state index is -0.357. The number of piperazine rings is 1. The average Bonchev–Trinajstić information content (AvgIpc) is 3.34. The predicted octanol–water partition coefficient (Wildman–Crippen LogP) is 2.90. The van der Waals surface area contributed by atoms with Crippen LogP contribution in [-0.2, 0) is 4.79 Å². The molecule has 170 valence electrons. The number of anilines is 1. The summed E-state index contributed by atoms with van der Waals surface area (Å²) < 4.78 is 0. The fourth-order valence-corrected chi connectivity index (χ4v) is 5.79. The molecule has 0 radical (unpaired) electrons. The molecule has 5 aliphatic rings. The second-order valence-corrected chi connectivity index (χ2v) is 9.90. The number of fused-ring (bicyclic) bond motifs is 1. The van der Waals surface area contributed by atoms with E-state index in [-0.39, 0.29) is 17.7 Å². The van der Waals surface area contributed by atoms with Gasteiger partial charge in [-0.3, -0.25) is 9.59 Å². The van der Waals surface area contributed by atoms with E-state index in [1.54, 1.807) is 0 Å². The van der Waals surface area contributed by atoms with Gasteiger partial charge in [-0.2, -0.15) is 4.99 Å². The Kier molecular flexibility index (Phi) is 4.93. The number of rotatable bonds is 2. The molecular weight excluding hydrogens is 414 g/mol. The number of allylic oxidation sites excluding steroid dienone is 3. The molecule has 3 fully saturated rings. The molecule has 2 amide bonds. The van der Waals surface area contributed by atoms with Crippen LogP contribution in [0.5, 0.6) is 0 Å². The highest BCUT2D eigenvalue weighted by molar-refractivity contribution is 6.21. The van der Waals surface area contributed by atoms with Crippen LogP contribution in [0.1, 0.15) is 36.0 Å². The number of benzene rings is 1. The van der Waals surface area contributed by atoms with E-state index in [0.717, 1.165) is 24.4 Å². The Morgan fingerprint density at radius 2 is 1.64 bits per heavy atom. The zero-order valence-electron chi connectivity index (χ0n) is 18.8. The minimum absolute atomic E-state index is 0.0606. The number of carbonyl (C=O) groups excluding carboxylic acids is 2. The summed E-state index contributed by atoms with van der Waals surface area (Å²) in [6.07, 6.45) is 12.9. The predicted molar refractivity (Wildman–Crippen MR) is 129 cm³/mol. The topological polar surface area (TPSA) is 68.6 Å². The maximum Gasteiger partial charge on any atom is 0.261 e. The molecule has 7 heteroatoms. The third kappa shape index (κ3) is 3.69. The van der Waals surface area contributed by atoms with Gasteiger partial charge in [0.1, 0.15) is 5.92 Å². The largest absolute Gasteiger partial charge is 0.370 e. The summed E-state index contributed by atoms with van der Waals surface area (Å²) in [5.74, 6) is 0.00231. The van der Waals surface area contributed by atoms with Crippen molar-refractivity contribution in [2.45, 2.75) is 25.7 Å². The molecule has 1 aromatic rings. The van der Waals surface area contributed by atoms with Crippen LogP contribution in [0, 0.1) is 11.3 Å². The van der Waals surface area contributed by atoms with Crippen molar-refractivity contribution in [3.05, 3.63) is 54.1 Å². The first kappa shape index (κ1) is 20.4. The van der Waals surface area contributed by atoms with Gasteiger partial charge < -0.3 is 14.7 Å². The molecule has 0 aromatic heterocycles. The zero-order chi connectivity index (χ0) is 22.4. The highest BCUT2D eigenvalue weighted by atomic mass is 16.2. The first-order valence-corrected chi connectivity index (χ1v) is 12.1. The summed E-state index contributed by atoms with van der Waals surface area (Å²) in [6.45, 7) is 4.73. The van der Waals surface area contributed by atoms with Gasteiger partial charge >= 0.3 is 0 Å². The molecule has 1 atom stereocenters. The maximum absolute atomic E-state index is 13.1. The number of hydrogen-bond donors (Lipinski definition) is 0. The highest BCUT2D eigenvalue weighted by Crippen LogP contribution is 2.46. The number of hydrogen-bond acceptors (Lipinski definition) is 5. The summed E-state index contributed by atoms with van der Waals surface area (Å²) in [5.41, 5.74) is 3.26. The Morgan fingerprint density at radius 1 is 0.909 bits per heavy atom. The Hall–Kier alpha value is -3.22. The number of aliphatic imine (C=N–C) groups is 2. The first-order chi connectivity index (χ1) is 16.1. The second-order valence-electron chi connectivity index (χ2n) is 9.90. The van der Waals surface area contributed by atoms with Crippen molar-refractivity contribution in [2.24, 2.45) is 21.3 Å². The van der Waals surface area contributed by atoms with E-state index in [9.17, 15) is 9.59 Å². The molecule has 1 unspecified atom stereocenters. The Labute approximate surface area is 194 Å². The van der Waals surface area contributed by atoms with E-state index in [0.29, 0.717) is 37.6 Å². The quantitative estimate of drug-likeness (QED) is 0.705. The van der Waals surface area contributed by atoms with E-state index >= 15 is 0 Å². The third-order valence-corrected chi connectivity index (χ3v) is 7.75. The van der Waals surface area contributed by atoms with Gasteiger partial charge in [-0.15, -0.1) is 0 Å². The minimum Gasteiger partial charge on any atom is -0.370 e. The lowest BCUT2D eigenvalue weighted by Crippen LogP contribution is -2.55. The van der Waals surface area contributed by atoms with Gasteiger partial charge in [0.25, 0.3) is 11.8 Å². The van der Waals surface area contributed by atoms with Crippen molar-refractivity contribution in [2.75, 3.05) is 44.2 Å². The molecule has 7 nitrogen and oxygen atoms in total. The van der Waals surface area contributed by atoms with Crippen LogP contribution in [0.4, 0.5) is 5.69 Å². The highest BCUT2D eigenvalue weighted by Gasteiger charge is 2.44. The molecule has 2 saturated heterocycles. The Bertz CT molecular complexity index is 1080. The van der Waals surface area contributed by atoms with Crippen molar-refractivity contribution in [1.82, 2.24) is 9.80 Å². The van der Waals surface area contributed by atoms with Crippen molar-refractivity contribution in [3.8, 4) is 0 Å². The molecule has 1 aromatic carbocycles. The van der Waals surface area contributed by atoms with Crippen LogP contribution >= 0.6 is 0 Å². The zero-order valence-corrected chi connectivity index (χ0v) is 18.8. The first-order valence-electron chi connectivity index (χ1n) is 12.1. The van der Waals surface area contributed by atoms with Gasteiger partial charge in [0, 0.05) is 55.9 Å². The summed E-state index contributed by atoms with van der Waals surface area (Å²) in [7, 11) is 0. The van der Waals surface area contributed by atoms with Crippen LogP contribution < -0.4 is 4.90 Å². The SMILES string of the molecule is O=C1N=C(N2CCN(C(=O)c3ccc(N4CC5(CCCC5)C4)cc3)CC2)N=C2C=CC=CC12. The van der Waals surface area contributed by atoms with Crippen LogP contribution in [0.15, 0.2) is 58.6 Å². The van der Waals surface area contributed by atoms with Crippen LogP contribution in [0.2, 0.25) is 0 Å². The number of guanidine groups is 1. The fourth-order valence-electron chi connectivity index (χ4n) is 5.79. The van der Waals surface area contributed by atoms with E-state index < -0.39 is 0 Å². The monoisotopic (exact) mass is 443 g/mol. The molecule has 0 bridgehead atoms. The van der Waals surface area contributed by atoms with Crippen molar-refractivity contribution < 1.29 is 9.59 Å². The summed E-state index contributed by atoms with van der Waals surface area (Å²) >= 11 is 0. The van der Waals surface area contributed by atoms with Gasteiger partial charge in [-0.05, 0) is 43.2 Å². The smallest absolute Gasteiger partial charge is 0.261 e. The molecule has 33 heavy (non-hydrogen) atoms. The second kappa shape index (κ2) is 7.97. The van der Waals surface area contributed by atoms with Crippen molar-refractivity contribution >= 4 is 29.2 Å². The van der Waals surface area contributed by atoms with E-state index in [4.69, 9.17) is 0 Å². The van der Waals surface area contributed by atoms with E-state index in [1.807, 2.05) is 46.2 Å². The van der Waals surface area contributed by atoms with Crippen molar-refractivity contribution in [1.29, 1.82) is 0 Å². The normalized spacial score (nSPS) is 25.6. The van der Waals surface area contributed by atoms with Gasteiger partial charge in [0.2, 0.25) is 5.96 Å². The van der Waals surface area contributed by atoms with Gasteiger partial charge in [0.05, 0.1) is 5.71 Å². The van der Waals surface area contributed by atoms with Gasteiger partial charge in [-0.25, -0.2) is 4.99 Å². The van der Waals surface area contributed by atoms with Crippen LogP contribution in [-0.4, -0.2) is 72.6 Å². The molecule has 2 aliphatic carbocycles. The molecule has 6 rings (SSSR count). The molecule has 1 spiro atoms. The van der Waals surface area contributed by atoms with E-state index in [1.165, 1.54) is 31.4 Å². The number of carbonyl (C=O) groups is 2. The van der Waals surface area contributed by atoms with Gasteiger partial charge in [-0.1, -0.05) is 31.1 Å². The Morgan fingerprint density at radius 3 is 2.36 bits per heavy atom. The molecular formula is C26H29N5O2. The third-order valence-electron chi connectivity index (χ3n) is 7.75. The molecule has 3 heterocycles. The summed E-state index contributed by atoms with van der Waals surface area (Å²) in [6, 6.07) is 8.10. The van der Waals surface area contributed by atoms with E-state index in [2.05, 4.69) is 27.0 Å². The molecule has 3 aliphatic heterocycles. The van der Waals surface area contributed by atoms with Crippen LogP contribution in [0.25, 0.3) is 0 Å². The molecule has 0 N–H and O–H groups in total. The number of nitrogens with zero attached hydrogens (tertiary/aromatic N) is 5. The van der Waals surface area contributed by atoms with Crippen LogP contribution in [0.3, 0.4) is 0 Å². The maximum atomic E-state index is 13.1. The standard InChI is InChI=1S/C26H29N5O2/c32-23-21-5-1-2-6-22(21)27-25(28-23)30-15-13-29(14-16-30)24(33)19-7-9-20(10-8-19)31-17-26(18-31)11-3-4-12-26/h1-2,5-10,21H,3-4,11-18H2. The summed E-state index contributed by atoms with van der Waals surface area (Å²) in [5, 5.41) is 0. The van der Waals surface area contributed by atoms with Crippen molar-refractivity contribution in [3.63, 3.8) is 0 Å². The number of amides is 2. The average molecular weight is 444 g/mol.